The Morgan fingerprint density at radius 3 is 2.67 bits per heavy atom. The minimum atomic E-state index is -0.0357. The van der Waals surface area contributed by atoms with Crippen molar-refractivity contribution in [3.8, 4) is 22.8 Å². The standard InChI is InChI=1S/C17H18ClN5O/c1-17(6-8-19-9-7-17)16-20-15(24-23-16)14-10-13(21-22-14)11-2-4-12(18)5-3-11/h2-5,10,19H,6-9H2,1H3,(H,21,22). The minimum absolute atomic E-state index is 0.0357. The van der Waals surface area contributed by atoms with Crippen LogP contribution in [0, 0.1) is 0 Å². The molecule has 1 aromatic carbocycles. The second-order valence-electron chi connectivity index (χ2n) is 6.41. The van der Waals surface area contributed by atoms with E-state index in [9.17, 15) is 0 Å². The van der Waals surface area contributed by atoms with Gasteiger partial charge in [-0.1, -0.05) is 35.8 Å². The van der Waals surface area contributed by atoms with Crippen molar-refractivity contribution >= 4 is 11.6 Å². The van der Waals surface area contributed by atoms with Crippen molar-refractivity contribution in [1.29, 1.82) is 0 Å². The molecule has 1 fully saturated rings. The van der Waals surface area contributed by atoms with E-state index in [0.717, 1.165) is 48.7 Å². The molecule has 1 aliphatic rings. The first kappa shape index (κ1) is 15.4. The van der Waals surface area contributed by atoms with E-state index in [1.807, 2.05) is 30.3 Å². The van der Waals surface area contributed by atoms with Crippen LogP contribution < -0.4 is 5.32 Å². The predicted octanol–water partition coefficient (Wildman–Crippen LogP) is 3.42. The van der Waals surface area contributed by atoms with Crippen molar-refractivity contribution in [2.75, 3.05) is 13.1 Å². The number of aromatic amines is 1. The first-order valence-electron chi connectivity index (χ1n) is 8.01. The number of benzene rings is 1. The van der Waals surface area contributed by atoms with Crippen LogP contribution in [0.4, 0.5) is 0 Å². The molecule has 0 unspecified atom stereocenters. The number of halogens is 1. The molecule has 2 N–H and O–H groups in total. The Kier molecular flexibility index (Phi) is 3.86. The fourth-order valence-corrected chi connectivity index (χ4v) is 3.11. The van der Waals surface area contributed by atoms with Gasteiger partial charge >= 0.3 is 0 Å². The second kappa shape index (κ2) is 6.03. The summed E-state index contributed by atoms with van der Waals surface area (Å²) in [7, 11) is 0. The quantitative estimate of drug-likeness (QED) is 0.761. The van der Waals surface area contributed by atoms with Crippen LogP contribution in [-0.4, -0.2) is 33.4 Å². The topological polar surface area (TPSA) is 79.6 Å². The molecule has 0 radical (unpaired) electrons. The number of nitrogens with one attached hydrogen (secondary N) is 2. The second-order valence-corrected chi connectivity index (χ2v) is 6.84. The van der Waals surface area contributed by atoms with E-state index in [2.05, 4.69) is 32.6 Å². The van der Waals surface area contributed by atoms with E-state index in [-0.39, 0.29) is 5.41 Å². The molecule has 124 valence electrons. The summed E-state index contributed by atoms with van der Waals surface area (Å²) in [6.07, 6.45) is 2.01. The zero-order valence-corrected chi connectivity index (χ0v) is 14.1. The Labute approximate surface area is 144 Å². The van der Waals surface area contributed by atoms with Crippen LogP contribution in [0.3, 0.4) is 0 Å². The van der Waals surface area contributed by atoms with Gasteiger partial charge in [0.05, 0.1) is 5.69 Å². The normalized spacial score (nSPS) is 17.1. The lowest BCUT2D eigenvalue weighted by atomic mass is 9.80. The molecule has 2 aromatic heterocycles. The van der Waals surface area contributed by atoms with Crippen molar-refractivity contribution in [2.45, 2.75) is 25.2 Å². The molecule has 4 rings (SSSR count). The summed E-state index contributed by atoms with van der Waals surface area (Å²) in [5.41, 5.74) is 2.48. The smallest absolute Gasteiger partial charge is 0.275 e. The Hall–Kier alpha value is -2.18. The van der Waals surface area contributed by atoms with E-state index in [4.69, 9.17) is 16.1 Å². The van der Waals surface area contributed by atoms with Gasteiger partial charge in [0, 0.05) is 16.0 Å². The zero-order chi connectivity index (χ0) is 16.6. The van der Waals surface area contributed by atoms with Crippen LogP contribution in [0.1, 0.15) is 25.6 Å². The number of nitrogens with zero attached hydrogens (tertiary/aromatic N) is 3. The molecule has 3 aromatic rings. The highest BCUT2D eigenvalue weighted by Gasteiger charge is 2.33. The summed E-state index contributed by atoms with van der Waals surface area (Å²) in [6, 6.07) is 9.45. The number of H-pyrrole nitrogens is 1. The maximum atomic E-state index is 5.92. The van der Waals surface area contributed by atoms with Crippen LogP contribution in [0.25, 0.3) is 22.8 Å². The minimum Gasteiger partial charge on any atom is -0.332 e. The van der Waals surface area contributed by atoms with Gasteiger partial charge in [-0.15, -0.1) is 0 Å². The fraction of sp³-hybridized carbons (Fsp3) is 0.353. The molecule has 0 bridgehead atoms. The number of hydrogen-bond donors (Lipinski definition) is 2. The average molecular weight is 344 g/mol. The van der Waals surface area contributed by atoms with Gasteiger partial charge < -0.3 is 9.84 Å². The number of hydrogen-bond acceptors (Lipinski definition) is 5. The first-order valence-corrected chi connectivity index (χ1v) is 8.38. The molecule has 0 amide bonds. The summed E-state index contributed by atoms with van der Waals surface area (Å²) in [4.78, 5) is 4.60. The third-order valence-electron chi connectivity index (χ3n) is 4.62. The molecule has 1 aliphatic heterocycles. The fourth-order valence-electron chi connectivity index (χ4n) is 2.98. The van der Waals surface area contributed by atoms with Crippen LogP contribution in [0.2, 0.25) is 5.02 Å². The lowest BCUT2D eigenvalue weighted by Crippen LogP contribution is -2.38. The highest BCUT2D eigenvalue weighted by Crippen LogP contribution is 2.32. The van der Waals surface area contributed by atoms with Gasteiger partial charge in [0.15, 0.2) is 5.82 Å². The van der Waals surface area contributed by atoms with Gasteiger partial charge in [-0.3, -0.25) is 5.10 Å². The van der Waals surface area contributed by atoms with Crippen LogP contribution in [-0.2, 0) is 5.41 Å². The summed E-state index contributed by atoms with van der Waals surface area (Å²) < 4.78 is 5.46. The Morgan fingerprint density at radius 2 is 1.92 bits per heavy atom. The van der Waals surface area contributed by atoms with Gasteiger partial charge in [0.2, 0.25) is 0 Å². The van der Waals surface area contributed by atoms with E-state index in [1.54, 1.807) is 0 Å². The Morgan fingerprint density at radius 1 is 1.17 bits per heavy atom. The zero-order valence-electron chi connectivity index (χ0n) is 13.3. The maximum absolute atomic E-state index is 5.92. The van der Waals surface area contributed by atoms with Crippen molar-refractivity contribution in [1.82, 2.24) is 25.7 Å². The third kappa shape index (κ3) is 2.83. The summed E-state index contributed by atoms with van der Waals surface area (Å²) >= 11 is 5.92. The lowest BCUT2D eigenvalue weighted by molar-refractivity contribution is 0.303. The maximum Gasteiger partial charge on any atom is 0.275 e. The molecular formula is C17H18ClN5O. The molecule has 0 saturated carbocycles. The molecule has 6 nitrogen and oxygen atoms in total. The van der Waals surface area contributed by atoms with Gasteiger partial charge in [-0.05, 0) is 44.1 Å². The van der Waals surface area contributed by atoms with Gasteiger partial charge in [0.1, 0.15) is 5.69 Å². The molecule has 0 spiro atoms. The molecule has 24 heavy (non-hydrogen) atoms. The third-order valence-corrected chi connectivity index (χ3v) is 4.87. The van der Waals surface area contributed by atoms with Gasteiger partial charge in [-0.25, -0.2) is 0 Å². The van der Waals surface area contributed by atoms with Crippen molar-refractivity contribution in [3.63, 3.8) is 0 Å². The number of aromatic nitrogens is 4. The van der Waals surface area contributed by atoms with E-state index in [1.165, 1.54) is 0 Å². The molecule has 0 atom stereocenters. The molecule has 3 heterocycles. The van der Waals surface area contributed by atoms with Gasteiger partial charge in [0.25, 0.3) is 5.89 Å². The van der Waals surface area contributed by atoms with Crippen molar-refractivity contribution < 1.29 is 4.52 Å². The largest absolute Gasteiger partial charge is 0.332 e. The average Bonchev–Trinajstić information content (AvgIpc) is 3.26. The first-order chi connectivity index (χ1) is 11.6. The van der Waals surface area contributed by atoms with Crippen LogP contribution >= 0.6 is 11.6 Å². The summed E-state index contributed by atoms with van der Waals surface area (Å²) in [5.74, 6) is 1.24. The molecule has 1 saturated heterocycles. The van der Waals surface area contributed by atoms with Gasteiger partial charge in [-0.2, -0.15) is 10.1 Å². The van der Waals surface area contributed by atoms with Crippen LogP contribution in [0.15, 0.2) is 34.9 Å². The Balaban J connectivity index is 1.60. The summed E-state index contributed by atoms with van der Waals surface area (Å²) in [6.45, 7) is 4.14. The summed E-state index contributed by atoms with van der Waals surface area (Å²) in [5, 5.41) is 15.6. The van der Waals surface area contributed by atoms with E-state index >= 15 is 0 Å². The molecular weight excluding hydrogens is 326 g/mol. The van der Waals surface area contributed by atoms with E-state index in [0.29, 0.717) is 10.9 Å². The van der Waals surface area contributed by atoms with Crippen molar-refractivity contribution in [3.05, 3.63) is 41.2 Å². The lowest BCUT2D eigenvalue weighted by Gasteiger charge is -2.30. The van der Waals surface area contributed by atoms with E-state index < -0.39 is 0 Å². The monoisotopic (exact) mass is 343 g/mol. The molecule has 7 heteroatoms. The SMILES string of the molecule is CC1(c2noc(-c3cc(-c4ccc(Cl)cc4)n[nH]3)n2)CCNCC1. The molecule has 0 aliphatic carbocycles. The Bertz CT molecular complexity index is 833. The number of piperidine rings is 1. The highest BCUT2D eigenvalue weighted by atomic mass is 35.5. The van der Waals surface area contributed by atoms with Crippen LogP contribution in [0.5, 0.6) is 0 Å². The highest BCUT2D eigenvalue weighted by molar-refractivity contribution is 6.30. The predicted molar refractivity (Wildman–Crippen MR) is 91.8 cm³/mol. The number of rotatable bonds is 3. The van der Waals surface area contributed by atoms with Crippen molar-refractivity contribution in [2.24, 2.45) is 0 Å².